The van der Waals surface area contributed by atoms with E-state index in [0.717, 1.165) is 24.8 Å². The van der Waals surface area contributed by atoms with Crippen LogP contribution in [-0.2, 0) is 15.8 Å². The van der Waals surface area contributed by atoms with E-state index < -0.39 is 11.8 Å². The van der Waals surface area contributed by atoms with E-state index in [4.69, 9.17) is 9.16 Å². The van der Waals surface area contributed by atoms with Crippen molar-refractivity contribution in [3.8, 4) is 0 Å². The Labute approximate surface area is 155 Å². The normalized spacial score (nSPS) is 26.2. The number of hydrogen-bond donors (Lipinski definition) is 1. The molecule has 1 aliphatic carbocycles. The number of ether oxygens (including phenoxy) is 1. The van der Waals surface area contributed by atoms with E-state index >= 15 is 0 Å². The van der Waals surface area contributed by atoms with Gasteiger partial charge in [-0.15, -0.1) is 0 Å². The maximum absolute atomic E-state index is 12.4. The van der Waals surface area contributed by atoms with Crippen LogP contribution in [0.15, 0.2) is 30.3 Å². The van der Waals surface area contributed by atoms with Gasteiger partial charge in [0.2, 0.25) is 0 Å². The first-order chi connectivity index (χ1) is 11.6. The summed E-state index contributed by atoms with van der Waals surface area (Å²) in [6.45, 7) is 11.5. The number of hydrogen-bond acceptors (Lipinski definition) is 3. The number of carbonyl (C=O) groups is 1. The highest BCUT2D eigenvalue weighted by molar-refractivity contribution is 5.98. The van der Waals surface area contributed by atoms with Crippen LogP contribution in [0.1, 0.15) is 59.4 Å². The third-order valence-electron chi connectivity index (χ3n) is 5.78. The van der Waals surface area contributed by atoms with Gasteiger partial charge in [0.25, 0.3) is 0 Å². The van der Waals surface area contributed by atoms with Crippen molar-refractivity contribution in [1.29, 1.82) is 0 Å². The minimum absolute atomic E-state index is 0.142. The zero-order valence-electron chi connectivity index (χ0n) is 16.5. The van der Waals surface area contributed by atoms with Gasteiger partial charge in [-0.1, -0.05) is 65.0 Å². The first-order valence-corrected chi connectivity index (χ1v) is 9.95. The molecule has 140 valence electrons. The fraction of sp³-hybridized carbons (Fsp3) is 0.650. The number of carbonyl (C=O) groups excluding carboxylic acids is 1. The van der Waals surface area contributed by atoms with Gasteiger partial charge in [0.05, 0.1) is 0 Å². The molecule has 0 aliphatic heterocycles. The first-order valence-electron chi connectivity index (χ1n) is 9.14. The summed E-state index contributed by atoms with van der Waals surface area (Å²) in [4.78, 5) is 12.4. The molecule has 0 bridgehead atoms. The Morgan fingerprint density at radius 1 is 1.28 bits per heavy atom. The molecule has 1 saturated carbocycles. The predicted octanol–water partition coefficient (Wildman–Crippen LogP) is 3.78. The van der Waals surface area contributed by atoms with Gasteiger partial charge in [0.15, 0.2) is 0 Å². The SMILES string of the molecule is CC(C)(C)C1CCC(NC(=O)OCc2ccccc2)(O[SiH3])C(C)(C)C1. The number of amides is 1. The molecule has 2 unspecified atom stereocenters. The van der Waals surface area contributed by atoms with Gasteiger partial charge in [-0.3, -0.25) is 5.32 Å². The minimum atomic E-state index is -0.630. The Balaban J connectivity index is 2.03. The second-order valence-corrected chi connectivity index (χ2v) is 9.32. The van der Waals surface area contributed by atoms with Crippen LogP contribution in [0.4, 0.5) is 4.79 Å². The lowest BCUT2D eigenvalue weighted by molar-refractivity contribution is -0.118. The molecule has 1 fully saturated rings. The topological polar surface area (TPSA) is 47.6 Å². The molecule has 2 rings (SSSR count). The lowest BCUT2D eigenvalue weighted by atomic mass is 9.60. The van der Waals surface area contributed by atoms with Crippen LogP contribution in [0.3, 0.4) is 0 Å². The Bertz CT molecular complexity index is 582. The summed E-state index contributed by atoms with van der Waals surface area (Å²) in [5.74, 6) is 0.620. The zero-order valence-corrected chi connectivity index (χ0v) is 18.5. The van der Waals surface area contributed by atoms with Gasteiger partial charge in [-0.2, -0.15) is 0 Å². The average Bonchev–Trinajstić information content (AvgIpc) is 2.54. The average molecular weight is 364 g/mol. The van der Waals surface area contributed by atoms with E-state index in [1.54, 1.807) is 0 Å². The van der Waals surface area contributed by atoms with Gasteiger partial charge in [-0.05, 0) is 36.2 Å². The maximum Gasteiger partial charge on any atom is 0.409 e. The molecule has 1 aliphatic rings. The second kappa shape index (κ2) is 7.50. The molecule has 1 amide bonds. The van der Waals surface area contributed by atoms with E-state index in [1.807, 2.05) is 30.3 Å². The number of rotatable bonds is 4. The highest BCUT2D eigenvalue weighted by Gasteiger charge is 2.52. The van der Waals surface area contributed by atoms with E-state index in [9.17, 15) is 4.79 Å². The summed E-state index contributed by atoms with van der Waals surface area (Å²) in [6, 6.07) is 9.73. The Hall–Kier alpha value is -1.33. The van der Waals surface area contributed by atoms with Gasteiger partial charge in [0, 0.05) is 5.41 Å². The van der Waals surface area contributed by atoms with Gasteiger partial charge < -0.3 is 9.16 Å². The van der Waals surface area contributed by atoms with Crippen LogP contribution in [0.25, 0.3) is 0 Å². The van der Waals surface area contributed by atoms with Crippen LogP contribution in [0, 0.1) is 16.7 Å². The molecule has 1 aromatic rings. The van der Waals surface area contributed by atoms with Crippen molar-refractivity contribution in [2.24, 2.45) is 16.7 Å². The molecule has 25 heavy (non-hydrogen) atoms. The summed E-state index contributed by atoms with van der Waals surface area (Å²) in [6.07, 6.45) is 2.50. The molecule has 1 N–H and O–H groups in total. The number of benzene rings is 1. The molecule has 4 nitrogen and oxygen atoms in total. The smallest absolute Gasteiger partial charge is 0.409 e. The van der Waals surface area contributed by atoms with Crippen molar-refractivity contribution >= 4 is 16.6 Å². The first kappa shape index (κ1) is 20.0. The number of nitrogens with one attached hydrogen (secondary N) is 1. The summed E-state index contributed by atoms with van der Waals surface area (Å²) in [5, 5.41) is 3.07. The van der Waals surface area contributed by atoms with Gasteiger partial charge in [0.1, 0.15) is 22.8 Å². The van der Waals surface area contributed by atoms with Crippen molar-refractivity contribution in [3.05, 3.63) is 35.9 Å². The quantitative estimate of drug-likeness (QED) is 0.654. The standard InChI is InChI=1S/C20H33NO3Si/c1-18(2,3)16-11-12-20(24-25,19(4,5)13-16)21-17(22)23-14-15-9-7-6-8-10-15/h6-10,16H,11-14H2,1-5,25H3,(H,21,22). The van der Waals surface area contributed by atoms with Crippen molar-refractivity contribution in [1.82, 2.24) is 5.32 Å². The van der Waals surface area contributed by atoms with E-state index in [2.05, 4.69) is 39.9 Å². The van der Waals surface area contributed by atoms with E-state index in [-0.39, 0.29) is 17.4 Å². The largest absolute Gasteiger partial charge is 0.445 e. The second-order valence-electron chi connectivity index (χ2n) is 8.91. The molecular weight excluding hydrogens is 330 g/mol. The van der Waals surface area contributed by atoms with Crippen LogP contribution in [0.5, 0.6) is 0 Å². The van der Waals surface area contributed by atoms with Gasteiger partial charge >= 0.3 is 6.09 Å². The Morgan fingerprint density at radius 3 is 2.44 bits per heavy atom. The third-order valence-corrected chi connectivity index (χ3v) is 6.48. The summed E-state index contributed by atoms with van der Waals surface area (Å²) >= 11 is 0. The molecule has 0 aromatic heterocycles. The van der Waals surface area contributed by atoms with Gasteiger partial charge in [-0.25, -0.2) is 4.79 Å². The fourth-order valence-electron chi connectivity index (χ4n) is 3.92. The summed E-state index contributed by atoms with van der Waals surface area (Å²) < 4.78 is 11.4. The monoisotopic (exact) mass is 363 g/mol. The van der Waals surface area contributed by atoms with E-state index in [1.165, 1.54) is 0 Å². The lowest BCUT2D eigenvalue weighted by Gasteiger charge is -2.54. The van der Waals surface area contributed by atoms with E-state index in [0.29, 0.717) is 16.4 Å². The van der Waals surface area contributed by atoms with Crippen molar-refractivity contribution in [2.75, 3.05) is 0 Å². The Morgan fingerprint density at radius 2 is 1.92 bits per heavy atom. The Kier molecular flexibility index (Phi) is 6.00. The highest BCUT2D eigenvalue weighted by atomic mass is 28.2. The summed E-state index contributed by atoms with van der Waals surface area (Å²) in [5.41, 5.74) is 0.475. The molecule has 0 radical (unpaired) electrons. The molecule has 1 aromatic carbocycles. The van der Waals surface area contributed by atoms with Crippen molar-refractivity contribution in [3.63, 3.8) is 0 Å². The molecule has 5 heteroatoms. The fourth-order valence-corrected chi connectivity index (χ4v) is 4.78. The van der Waals surface area contributed by atoms with Crippen LogP contribution in [-0.4, -0.2) is 22.3 Å². The zero-order chi connectivity index (χ0) is 18.7. The van der Waals surface area contributed by atoms with Crippen molar-refractivity contribution in [2.45, 2.75) is 66.2 Å². The molecule has 0 spiro atoms. The van der Waals surface area contributed by atoms with Crippen LogP contribution in [0.2, 0.25) is 0 Å². The molecule has 0 heterocycles. The highest BCUT2D eigenvalue weighted by Crippen LogP contribution is 2.51. The lowest BCUT2D eigenvalue weighted by Crippen LogP contribution is -2.62. The van der Waals surface area contributed by atoms with Crippen LogP contribution >= 0.6 is 0 Å². The van der Waals surface area contributed by atoms with Crippen molar-refractivity contribution < 1.29 is 14.0 Å². The third kappa shape index (κ3) is 4.64. The predicted molar refractivity (Wildman–Crippen MR) is 104 cm³/mol. The maximum atomic E-state index is 12.4. The minimum Gasteiger partial charge on any atom is -0.445 e. The molecule has 0 saturated heterocycles. The summed E-state index contributed by atoms with van der Waals surface area (Å²) in [7, 11) is 0.573. The molecule has 2 atom stereocenters. The molecular formula is C20H33NO3Si. The number of alkyl carbamates (subject to hydrolysis) is 1. The van der Waals surface area contributed by atoms with Crippen LogP contribution < -0.4 is 5.32 Å².